The van der Waals surface area contributed by atoms with Gasteiger partial charge in [0.1, 0.15) is 29.6 Å². The van der Waals surface area contributed by atoms with Crippen LogP contribution in [0.4, 0.5) is 9.18 Å². The number of ether oxygens (including phenoxy) is 2. The van der Waals surface area contributed by atoms with Crippen LogP contribution in [-0.2, 0) is 17.9 Å². The molecule has 0 unspecified atom stereocenters. The number of pyridine rings is 1. The molecule has 0 radical (unpaired) electrons. The second kappa shape index (κ2) is 10.4. The summed E-state index contributed by atoms with van der Waals surface area (Å²) in [6, 6.07) is 14.4. The minimum Gasteiger partial charge on any atom is -0.457 e. The first-order valence-corrected chi connectivity index (χ1v) is 9.62. The predicted molar refractivity (Wildman–Crippen MR) is 113 cm³/mol. The molecule has 3 aromatic rings. The summed E-state index contributed by atoms with van der Waals surface area (Å²) in [6.45, 7) is 0.168. The van der Waals surface area contributed by atoms with Gasteiger partial charge in [0, 0.05) is 25.9 Å². The third-order valence-corrected chi connectivity index (χ3v) is 4.45. The van der Waals surface area contributed by atoms with Gasteiger partial charge >= 0.3 is 6.09 Å². The summed E-state index contributed by atoms with van der Waals surface area (Å²) in [7, 11) is 1.53. The van der Waals surface area contributed by atoms with Crippen LogP contribution in [0.3, 0.4) is 0 Å². The molecule has 31 heavy (non-hydrogen) atoms. The maximum absolute atomic E-state index is 13.4. The van der Waals surface area contributed by atoms with Gasteiger partial charge in [-0.2, -0.15) is 0 Å². The molecule has 2 N–H and O–H groups in total. The van der Waals surface area contributed by atoms with Gasteiger partial charge in [-0.3, -0.25) is 9.78 Å². The highest BCUT2D eigenvalue weighted by Crippen LogP contribution is 2.22. The van der Waals surface area contributed by atoms with Crippen molar-refractivity contribution in [2.75, 3.05) is 7.05 Å². The third kappa shape index (κ3) is 6.42. The van der Waals surface area contributed by atoms with Gasteiger partial charge in [-0.05, 0) is 41.5 Å². The number of halogens is 2. The zero-order valence-electron chi connectivity index (χ0n) is 16.5. The Morgan fingerprint density at radius 1 is 1.03 bits per heavy atom. The van der Waals surface area contributed by atoms with E-state index in [9.17, 15) is 14.0 Å². The number of carbonyl (C=O) groups is 2. The van der Waals surface area contributed by atoms with E-state index in [1.807, 2.05) is 0 Å². The molecule has 0 saturated carbocycles. The van der Waals surface area contributed by atoms with Crippen LogP contribution in [0.15, 0.2) is 60.8 Å². The summed E-state index contributed by atoms with van der Waals surface area (Å²) in [4.78, 5) is 27.5. The number of aromatic nitrogens is 1. The smallest absolute Gasteiger partial charge is 0.407 e. The van der Waals surface area contributed by atoms with Crippen LogP contribution >= 0.6 is 11.6 Å². The second-order valence-electron chi connectivity index (χ2n) is 6.38. The lowest BCUT2D eigenvalue weighted by molar-refractivity contribution is 0.0957. The Morgan fingerprint density at radius 2 is 1.77 bits per heavy atom. The highest BCUT2D eigenvalue weighted by atomic mass is 35.5. The maximum Gasteiger partial charge on any atom is 0.407 e. The zero-order valence-corrected chi connectivity index (χ0v) is 17.3. The molecule has 0 aliphatic heterocycles. The number of nitrogens with zero attached hydrogens (tertiary/aromatic N) is 1. The van der Waals surface area contributed by atoms with E-state index >= 15 is 0 Å². The number of hydrogen-bond donors (Lipinski definition) is 2. The number of carbonyl (C=O) groups excluding carboxylic acids is 2. The van der Waals surface area contributed by atoms with E-state index in [-0.39, 0.29) is 29.8 Å². The molecule has 2 aromatic carbocycles. The number of hydrogen-bond acceptors (Lipinski definition) is 5. The normalized spacial score (nSPS) is 10.3. The number of alkyl carbamates (subject to hydrolysis) is 1. The largest absolute Gasteiger partial charge is 0.457 e. The molecule has 1 heterocycles. The summed E-state index contributed by atoms with van der Waals surface area (Å²) in [5.74, 6) is 0.161. The van der Waals surface area contributed by atoms with Gasteiger partial charge in [0.15, 0.2) is 0 Å². The summed E-state index contributed by atoms with van der Waals surface area (Å²) < 4.78 is 24.2. The van der Waals surface area contributed by atoms with Crippen molar-refractivity contribution in [2.24, 2.45) is 0 Å². The number of amides is 2. The molecule has 0 aliphatic rings. The minimum absolute atomic E-state index is 0.0106. The zero-order chi connectivity index (χ0) is 22.2. The average molecular weight is 444 g/mol. The van der Waals surface area contributed by atoms with E-state index in [1.165, 1.54) is 31.4 Å². The van der Waals surface area contributed by atoms with Crippen LogP contribution in [-0.4, -0.2) is 24.0 Å². The minimum atomic E-state index is -0.630. The molecule has 3 rings (SSSR count). The first kappa shape index (κ1) is 22.0. The van der Waals surface area contributed by atoms with Gasteiger partial charge < -0.3 is 20.1 Å². The molecule has 0 fully saturated rings. The monoisotopic (exact) mass is 443 g/mol. The van der Waals surface area contributed by atoms with Crippen LogP contribution < -0.4 is 15.4 Å². The molecule has 0 saturated heterocycles. The van der Waals surface area contributed by atoms with Crippen LogP contribution in [0, 0.1) is 5.82 Å². The highest BCUT2D eigenvalue weighted by Gasteiger charge is 2.08. The van der Waals surface area contributed by atoms with Gasteiger partial charge in [0.2, 0.25) is 0 Å². The fourth-order valence-electron chi connectivity index (χ4n) is 2.54. The van der Waals surface area contributed by atoms with Crippen molar-refractivity contribution in [2.45, 2.75) is 13.2 Å². The SMILES string of the molecule is CNC(=O)c1cc(Oc2ccc(CNC(=O)OCc3ccc(Cl)c(F)c3)cc2)ccn1. The molecule has 160 valence electrons. The van der Waals surface area contributed by atoms with Crippen LogP contribution in [0.25, 0.3) is 0 Å². The van der Waals surface area contributed by atoms with Gasteiger partial charge in [0.05, 0.1) is 5.02 Å². The fourth-order valence-corrected chi connectivity index (χ4v) is 2.66. The molecular formula is C22H19ClFN3O4. The second-order valence-corrected chi connectivity index (χ2v) is 6.79. The Kier molecular flexibility index (Phi) is 7.40. The quantitative estimate of drug-likeness (QED) is 0.563. The Bertz CT molecular complexity index is 1080. The van der Waals surface area contributed by atoms with Crippen molar-refractivity contribution in [3.05, 3.63) is 88.5 Å². The van der Waals surface area contributed by atoms with E-state index < -0.39 is 11.9 Å². The third-order valence-electron chi connectivity index (χ3n) is 4.14. The Hall–Kier alpha value is -3.65. The van der Waals surface area contributed by atoms with Crippen molar-refractivity contribution >= 4 is 23.6 Å². The molecule has 9 heteroatoms. The number of rotatable bonds is 7. The molecule has 0 spiro atoms. The predicted octanol–water partition coefficient (Wildman–Crippen LogP) is 4.45. The summed E-state index contributed by atoms with van der Waals surface area (Å²) in [5.41, 5.74) is 1.57. The Morgan fingerprint density at radius 3 is 2.48 bits per heavy atom. The number of benzene rings is 2. The molecule has 0 atom stereocenters. The summed E-state index contributed by atoms with van der Waals surface area (Å²) in [5, 5.41) is 5.13. The van der Waals surface area contributed by atoms with Crippen molar-refractivity contribution < 1.29 is 23.5 Å². The molecule has 2 amide bonds. The van der Waals surface area contributed by atoms with Crippen molar-refractivity contribution in [3.63, 3.8) is 0 Å². The molecule has 7 nitrogen and oxygen atoms in total. The lowest BCUT2D eigenvalue weighted by Crippen LogP contribution is -2.23. The summed E-state index contributed by atoms with van der Waals surface area (Å²) >= 11 is 5.62. The molecule has 0 aliphatic carbocycles. The van der Waals surface area contributed by atoms with Crippen LogP contribution in [0.5, 0.6) is 11.5 Å². The van der Waals surface area contributed by atoms with Crippen LogP contribution in [0.2, 0.25) is 5.02 Å². The Balaban J connectivity index is 1.48. The fraction of sp³-hybridized carbons (Fsp3) is 0.136. The maximum atomic E-state index is 13.4. The van der Waals surface area contributed by atoms with Gasteiger partial charge in [-0.15, -0.1) is 0 Å². The van der Waals surface area contributed by atoms with Crippen molar-refractivity contribution in [1.82, 2.24) is 15.6 Å². The van der Waals surface area contributed by atoms with E-state index in [0.717, 1.165) is 5.56 Å². The highest BCUT2D eigenvalue weighted by molar-refractivity contribution is 6.30. The lowest BCUT2D eigenvalue weighted by Gasteiger charge is -2.09. The van der Waals surface area contributed by atoms with E-state index in [0.29, 0.717) is 17.1 Å². The first-order chi connectivity index (χ1) is 14.9. The first-order valence-electron chi connectivity index (χ1n) is 9.24. The standard InChI is InChI=1S/C22H19ClFN3O4/c1-25-21(28)20-11-17(8-9-26-20)31-16-5-2-14(3-6-16)12-27-22(29)30-13-15-4-7-18(23)19(24)10-15/h2-11H,12-13H2,1H3,(H,25,28)(H,27,29). The lowest BCUT2D eigenvalue weighted by atomic mass is 10.2. The van der Waals surface area contributed by atoms with E-state index in [4.69, 9.17) is 21.1 Å². The molecule has 1 aromatic heterocycles. The average Bonchev–Trinajstić information content (AvgIpc) is 2.79. The number of nitrogens with one attached hydrogen (secondary N) is 2. The van der Waals surface area contributed by atoms with Gasteiger partial charge in [-0.1, -0.05) is 29.8 Å². The van der Waals surface area contributed by atoms with Crippen molar-refractivity contribution in [3.8, 4) is 11.5 Å². The summed E-state index contributed by atoms with van der Waals surface area (Å²) in [6.07, 6.45) is 0.858. The van der Waals surface area contributed by atoms with E-state index in [2.05, 4.69) is 15.6 Å². The van der Waals surface area contributed by atoms with E-state index in [1.54, 1.807) is 36.4 Å². The van der Waals surface area contributed by atoms with Crippen LogP contribution in [0.1, 0.15) is 21.6 Å². The van der Waals surface area contributed by atoms with Gasteiger partial charge in [-0.25, -0.2) is 9.18 Å². The molecule has 0 bridgehead atoms. The Labute approximate surface area is 183 Å². The van der Waals surface area contributed by atoms with Gasteiger partial charge in [0.25, 0.3) is 5.91 Å². The van der Waals surface area contributed by atoms with Crippen molar-refractivity contribution in [1.29, 1.82) is 0 Å². The topological polar surface area (TPSA) is 89.6 Å². The molecular weight excluding hydrogens is 425 g/mol.